The molecule has 4 rings (SSSR count). The van der Waals surface area contributed by atoms with Crippen LogP contribution in [0.5, 0.6) is 0 Å². The first-order valence-corrected chi connectivity index (χ1v) is 19.2. The van der Waals surface area contributed by atoms with Crippen LogP contribution in [0.15, 0.2) is 23.8 Å². The van der Waals surface area contributed by atoms with Gasteiger partial charge in [0.15, 0.2) is 6.10 Å². The summed E-state index contributed by atoms with van der Waals surface area (Å²) < 4.78 is 35.9. The fourth-order valence-electron chi connectivity index (χ4n) is 7.76. The zero-order valence-electron chi connectivity index (χ0n) is 31.1. The van der Waals surface area contributed by atoms with Crippen LogP contribution >= 0.6 is 0 Å². The van der Waals surface area contributed by atoms with Crippen LogP contribution in [0.2, 0.25) is 0 Å². The van der Waals surface area contributed by atoms with Crippen molar-refractivity contribution in [3.63, 3.8) is 0 Å². The number of esters is 3. The van der Waals surface area contributed by atoms with Crippen molar-refractivity contribution in [1.29, 1.82) is 0 Å². The molecule has 6 bridgehead atoms. The molecule has 0 aromatic heterocycles. The first-order valence-electron chi connectivity index (χ1n) is 19.2. The van der Waals surface area contributed by atoms with Gasteiger partial charge in [-0.3, -0.25) is 9.59 Å². The van der Waals surface area contributed by atoms with Crippen molar-refractivity contribution in [2.75, 3.05) is 13.7 Å². The van der Waals surface area contributed by atoms with E-state index < -0.39 is 60.1 Å². The standard InChI is InChI=1S/C39H62O12/c1-5-6-7-8-9-16-34(42)50-37-26(20-35(43)46-4)19-32-24-33(25-40)49-36(44)22-27(41)21-29-13-11-15-31(48-29)23-30-14-10-12-28(47-30)17-18-38(2,3)39(37,45)51-32/h17-18,20,27-33,37,40-41,45H,5-16,19,21-25H2,1-4H3/b18-17-,26-20+/t27-,28+,29-,30?,31?,32-,33+,37-,39+/m0/s1. The molecule has 0 aromatic carbocycles. The molecule has 4 aliphatic rings. The molecular formula is C39H62O12. The van der Waals surface area contributed by atoms with Gasteiger partial charge in [-0.05, 0) is 63.4 Å². The zero-order chi connectivity index (χ0) is 37.0. The third-order valence-electron chi connectivity index (χ3n) is 10.7. The van der Waals surface area contributed by atoms with Crippen molar-refractivity contribution in [3.8, 4) is 0 Å². The Hall–Kier alpha value is -2.35. The SMILES string of the molecule is CCCCCCCC(=O)O[C@H]1/C(=C/C(=O)OC)C[C@H]2C[C@H](CO)OC(=O)C[C@@H](O)C[C@@H]3CCCC(CC4CCC[C@H](/C=C\C(C)(C)[C@]1(O)O2)O4)O3. The van der Waals surface area contributed by atoms with E-state index in [1.54, 1.807) is 13.8 Å². The highest BCUT2D eigenvalue weighted by Gasteiger charge is 2.57. The smallest absolute Gasteiger partial charge is 0.330 e. The fourth-order valence-corrected chi connectivity index (χ4v) is 7.76. The minimum Gasteiger partial charge on any atom is -0.466 e. The minimum absolute atomic E-state index is 0.0215. The Morgan fingerprint density at radius 3 is 2.33 bits per heavy atom. The maximum absolute atomic E-state index is 13.3. The lowest BCUT2D eigenvalue weighted by atomic mass is 9.74. The van der Waals surface area contributed by atoms with Gasteiger partial charge in [-0.1, -0.05) is 58.6 Å². The summed E-state index contributed by atoms with van der Waals surface area (Å²) in [5.41, 5.74) is -0.929. The van der Waals surface area contributed by atoms with Gasteiger partial charge in [0.25, 0.3) is 0 Å². The van der Waals surface area contributed by atoms with E-state index in [4.69, 9.17) is 28.4 Å². The third-order valence-corrected chi connectivity index (χ3v) is 10.7. The summed E-state index contributed by atoms with van der Waals surface area (Å²) in [4.78, 5) is 38.9. The number of aliphatic hydroxyl groups excluding tert-OH is 2. The molecule has 0 radical (unpaired) electrons. The maximum Gasteiger partial charge on any atom is 0.330 e. The zero-order valence-corrected chi connectivity index (χ0v) is 31.1. The first kappa shape index (κ1) is 41.4. The van der Waals surface area contributed by atoms with Crippen LogP contribution in [-0.4, -0.2) is 102 Å². The molecule has 0 amide bonds. The second-order valence-electron chi connectivity index (χ2n) is 15.4. The van der Waals surface area contributed by atoms with E-state index in [9.17, 15) is 29.7 Å². The van der Waals surface area contributed by atoms with Gasteiger partial charge in [0.05, 0.1) is 56.8 Å². The monoisotopic (exact) mass is 722 g/mol. The lowest BCUT2D eigenvalue weighted by molar-refractivity contribution is -0.327. The van der Waals surface area contributed by atoms with Gasteiger partial charge < -0.3 is 43.7 Å². The highest BCUT2D eigenvalue weighted by molar-refractivity contribution is 5.83. The number of rotatable bonds is 9. The van der Waals surface area contributed by atoms with E-state index >= 15 is 0 Å². The largest absolute Gasteiger partial charge is 0.466 e. The van der Waals surface area contributed by atoms with Gasteiger partial charge in [0, 0.05) is 30.8 Å². The second kappa shape index (κ2) is 19.6. The van der Waals surface area contributed by atoms with E-state index in [0.717, 1.165) is 64.2 Å². The molecule has 12 heteroatoms. The molecule has 0 aliphatic carbocycles. The lowest BCUT2D eigenvalue weighted by Crippen LogP contribution is -2.62. The highest BCUT2D eigenvalue weighted by Crippen LogP contribution is 2.47. The molecular weight excluding hydrogens is 660 g/mol. The van der Waals surface area contributed by atoms with Gasteiger partial charge in [0.1, 0.15) is 6.10 Å². The van der Waals surface area contributed by atoms with E-state index in [-0.39, 0.29) is 55.7 Å². The molecule has 3 saturated heterocycles. The Balaban J connectivity index is 1.68. The molecule has 9 atom stereocenters. The van der Waals surface area contributed by atoms with Crippen LogP contribution < -0.4 is 0 Å². The number of hydrogen-bond donors (Lipinski definition) is 3. The van der Waals surface area contributed by atoms with Crippen molar-refractivity contribution in [1.82, 2.24) is 0 Å². The average Bonchev–Trinajstić information content (AvgIpc) is 3.08. The number of methoxy groups -OCH3 is 1. The number of carbonyl (C=O) groups is 3. The van der Waals surface area contributed by atoms with Crippen LogP contribution in [0, 0.1) is 5.41 Å². The number of cyclic esters (lactones) is 1. The minimum atomic E-state index is -2.19. The topological polar surface area (TPSA) is 167 Å². The number of hydrogen-bond acceptors (Lipinski definition) is 12. The molecule has 12 nitrogen and oxygen atoms in total. The Bertz CT molecular complexity index is 1200. The number of fused-ring (bicyclic) bond motifs is 6. The van der Waals surface area contributed by atoms with Crippen LogP contribution in [0.25, 0.3) is 0 Å². The molecule has 2 unspecified atom stereocenters. The van der Waals surface area contributed by atoms with Gasteiger partial charge >= 0.3 is 17.9 Å². The molecule has 0 saturated carbocycles. The van der Waals surface area contributed by atoms with E-state index in [2.05, 4.69) is 6.92 Å². The molecule has 4 heterocycles. The predicted molar refractivity (Wildman–Crippen MR) is 187 cm³/mol. The van der Waals surface area contributed by atoms with E-state index in [0.29, 0.717) is 19.3 Å². The molecule has 51 heavy (non-hydrogen) atoms. The van der Waals surface area contributed by atoms with Crippen molar-refractivity contribution in [2.24, 2.45) is 5.41 Å². The maximum atomic E-state index is 13.3. The summed E-state index contributed by atoms with van der Waals surface area (Å²) in [6.45, 7) is 5.11. The Morgan fingerprint density at radius 2 is 1.63 bits per heavy atom. The Labute approximate surface area is 303 Å². The average molecular weight is 723 g/mol. The van der Waals surface area contributed by atoms with Crippen LogP contribution in [0.1, 0.15) is 130 Å². The molecule has 4 aliphatic heterocycles. The molecule has 0 spiro atoms. The van der Waals surface area contributed by atoms with Gasteiger partial charge in [-0.15, -0.1) is 0 Å². The number of aliphatic hydroxyl groups is 3. The summed E-state index contributed by atoms with van der Waals surface area (Å²) in [7, 11) is 1.23. The van der Waals surface area contributed by atoms with E-state index in [1.807, 2.05) is 12.2 Å². The fraction of sp³-hybridized carbons (Fsp3) is 0.821. The quantitative estimate of drug-likeness (QED) is 0.0945. The highest BCUT2D eigenvalue weighted by atomic mass is 16.7. The molecule has 3 N–H and O–H groups in total. The predicted octanol–water partition coefficient (Wildman–Crippen LogP) is 5.13. The summed E-state index contributed by atoms with van der Waals surface area (Å²) in [5.74, 6) is -4.10. The van der Waals surface area contributed by atoms with Crippen molar-refractivity contribution >= 4 is 17.9 Å². The van der Waals surface area contributed by atoms with Crippen LogP contribution in [-0.2, 0) is 42.8 Å². The summed E-state index contributed by atoms with van der Waals surface area (Å²) in [6, 6.07) is 0. The second-order valence-corrected chi connectivity index (χ2v) is 15.4. The van der Waals surface area contributed by atoms with Gasteiger partial charge in [-0.2, -0.15) is 0 Å². The van der Waals surface area contributed by atoms with Crippen molar-refractivity contribution in [3.05, 3.63) is 23.8 Å². The first-order chi connectivity index (χ1) is 24.3. The van der Waals surface area contributed by atoms with Gasteiger partial charge in [-0.25, -0.2) is 4.79 Å². The lowest BCUT2D eigenvalue weighted by Gasteiger charge is -2.51. The van der Waals surface area contributed by atoms with Crippen molar-refractivity contribution < 1.29 is 58.1 Å². The summed E-state index contributed by atoms with van der Waals surface area (Å²) in [6.07, 6.45) is 11.0. The van der Waals surface area contributed by atoms with Crippen LogP contribution in [0.4, 0.5) is 0 Å². The molecule has 0 aromatic rings. The number of unbranched alkanes of at least 4 members (excludes halogenated alkanes) is 4. The summed E-state index contributed by atoms with van der Waals surface area (Å²) in [5, 5.41) is 33.7. The Kier molecular flexibility index (Phi) is 16.0. The van der Waals surface area contributed by atoms with Crippen LogP contribution in [0.3, 0.4) is 0 Å². The number of carbonyl (C=O) groups excluding carboxylic acids is 3. The summed E-state index contributed by atoms with van der Waals surface area (Å²) >= 11 is 0. The molecule has 3 fully saturated rings. The van der Waals surface area contributed by atoms with Gasteiger partial charge in [0.2, 0.25) is 5.79 Å². The third kappa shape index (κ3) is 12.1. The Morgan fingerprint density at radius 1 is 0.941 bits per heavy atom. The van der Waals surface area contributed by atoms with Crippen molar-refractivity contribution in [2.45, 2.75) is 185 Å². The number of ether oxygens (including phenoxy) is 6. The normalized spacial score (nSPS) is 36.4. The molecule has 290 valence electrons. The van der Waals surface area contributed by atoms with E-state index in [1.165, 1.54) is 13.2 Å².